The van der Waals surface area contributed by atoms with E-state index in [0.717, 1.165) is 5.56 Å². The van der Waals surface area contributed by atoms with Gasteiger partial charge in [-0.15, -0.1) is 0 Å². The van der Waals surface area contributed by atoms with Gasteiger partial charge in [-0.1, -0.05) is 6.92 Å². The van der Waals surface area contributed by atoms with Crippen LogP contribution in [0.15, 0.2) is 12.3 Å². The molecule has 1 heterocycles. The minimum absolute atomic E-state index is 0.0582. The Kier molecular flexibility index (Phi) is 2.81. The van der Waals surface area contributed by atoms with Crippen molar-refractivity contribution < 1.29 is 4.79 Å². The van der Waals surface area contributed by atoms with Gasteiger partial charge in [0.1, 0.15) is 5.82 Å². The second-order valence-electron chi connectivity index (χ2n) is 4.55. The Morgan fingerprint density at radius 1 is 1.62 bits per heavy atom. The molecule has 16 heavy (non-hydrogen) atoms. The molecule has 0 aromatic carbocycles. The number of hydrogen-bond acceptors (Lipinski definition) is 3. The predicted octanol–water partition coefficient (Wildman–Crippen LogP) is 1.96. The van der Waals surface area contributed by atoms with Crippen LogP contribution in [-0.2, 0) is 4.79 Å². The Balaban J connectivity index is 2.05. The first kappa shape index (κ1) is 10.9. The summed E-state index contributed by atoms with van der Waals surface area (Å²) in [4.78, 5) is 16.0. The van der Waals surface area contributed by atoms with Crippen LogP contribution >= 0.6 is 0 Å². The number of amides is 1. The van der Waals surface area contributed by atoms with Crippen LogP contribution in [0, 0.1) is 18.8 Å². The quantitative estimate of drug-likeness (QED) is 0.816. The van der Waals surface area contributed by atoms with Crippen LogP contribution in [0.1, 0.15) is 25.3 Å². The van der Waals surface area contributed by atoms with Gasteiger partial charge in [0.05, 0.1) is 11.9 Å². The molecule has 86 valence electrons. The first-order chi connectivity index (χ1) is 7.58. The fourth-order valence-corrected chi connectivity index (χ4v) is 1.77. The normalized spacial score (nSPS) is 16.9. The van der Waals surface area contributed by atoms with Gasteiger partial charge in [0.15, 0.2) is 0 Å². The maximum atomic E-state index is 11.8. The highest BCUT2D eigenvalue weighted by Gasteiger charge is 2.32. The standard InChI is InChI=1S/C12H17N3O/c1-7-5-10(13)6-14-11(7)15-12(16)8(2)9-3-4-9/h5-6,8-9H,3-4,13H2,1-2H3,(H,14,15,16). The van der Waals surface area contributed by atoms with Crippen molar-refractivity contribution in [3.8, 4) is 0 Å². The number of anilines is 2. The first-order valence-electron chi connectivity index (χ1n) is 5.61. The zero-order chi connectivity index (χ0) is 11.7. The Hall–Kier alpha value is -1.58. The molecule has 0 saturated heterocycles. The molecule has 0 aliphatic heterocycles. The maximum absolute atomic E-state index is 11.8. The molecule has 4 heteroatoms. The van der Waals surface area contributed by atoms with Crippen LogP contribution in [0.4, 0.5) is 11.5 Å². The summed E-state index contributed by atoms with van der Waals surface area (Å²) in [6, 6.07) is 1.81. The Morgan fingerprint density at radius 2 is 2.31 bits per heavy atom. The van der Waals surface area contributed by atoms with Crippen LogP contribution in [-0.4, -0.2) is 10.9 Å². The van der Waals surface area contributed by atoms with Gasteiger partial charge >= 0.3 is 0 Å². The lowest BCUT2D eigenvalue weighted by atomic mass is 10.1. The van der Waals surface area contributed by atoms with Gasteiger partial charge < -0.3 is 11.1 Å². The summed E-state index contributed by atoms with van der Waals surface area (Å²) in [7, 11) is 0. The average molecular weight is 219 g/mol. The molecule has 1 unspecified atom stereocenters. The molecule has 1 atom stereocenters. The lowest BCUT2D eigenvalue weighted by Gasteiger charge is -2.12. The van der Waals surface area contributed by atoms with E-state index in [1.807, 2.05) is 19.9 Å². The number of hydrogen-bond donors (Lipinski definition) is 2. The van der Waals surface area contributed by atoms with Crippen molar-refractivity contribution in [3.05, 3.63) is 17.8 Å². The molecule has 1 aliphatic rings. The number of aryl methyl sites for hydroxylation is 1. The van der Waals surface area contributed by atoms with E-state index in [2.05, 4.69) is 10.3 Å². The van der Waals surface area contributed by atoms with Gasteiger partial charge in [0, 0.05) is 5.92 Å². The number of nitrogens with two attached hydrogens (primary N) is 1. The third-order valence-corrected chi connectivity index (χ3v) is 3.08. The third kappa shape index (κ3) is 2.32. The van der Waals surface area contributed by atoms with Crippen LogP contribution in [0.2, 0.25) is 0 Å². The van der Waals surface area contributed by atoms with E-state index in [0.29, 0.717) is 17.4 Å². The van der Waals surface area contributed by atoms with E-state index in [-0.39, 0.29) is 11.8 Å². The summed E-state index contributed by atoms with van der Waals surface area (Å²) in [5, 5.41) is 2.85. The van der Waals surface area contributed by atoms with E-state index in [4.69, 9.17) is 5.73 Å². The van der Waals surface area contributed by atoms with Crippen molar-refractivity contribution in [2.75, 3.05) is 11.1 Å². The molecule has 0 spiro atoms. The summed E-state index contributed by atoms with van der Waals surface area (Å²) in [5.41, 5.74) is 7.12. The van der Waals surface area contributed by atoms with E-state index in [1.165, 1.54) is 12.8 Å². The second-order valence-corrected chi connectivity index (χ2v) is 4.55. The van der Waals surface area contributed by atoms with Crippen LogP contribution in [0.25, 0.3) is 0 Å². The van der Waals surface area contributed by atoms with Gasteiger partial charge in [0.25, 0.3) is 0 Å². The molecule has 1 aliphatic carbocycles. The van der Waals surface area contributed by atoms with Crippen molar-refractivity contribution in [2.45, 2.75) is 26.7 Å². The van der Waals surface area contributed by atoms with Gasteiger partial charge in [0.2, 0.25) is 5.91 Å². The highest BCUT2D eigenvalue weighted by atomic mass is 16.1. The molecule has 1 aromatic heterocycles. The second kappa shape index (κ2) is 4.12. The summed E-state index contributed by atoms with van der Waals surface area (Å²) in [6.45, 7) is 3.86. The number of rotatable bonds is 3. The van der Waals surface area contributed by atoms with Crippen molar-refractivity contribution in [2.24, 2.45) is 11.8 Å². The number of nitrogens with zero attached hydrogens (tertiary/aromatic N) is 1. The predicted molar refractivity (Wildman–Crippen MR) is 63.9 cm³/mol. The van der Waals surface area contributed by atoms with E-state index in [1.54, 1.807) is 6.20 Å². The molecule has 1 saturated carbocycles. The highest BCUT2D eigenvalue weighted by Crippen LogP contribution is 2.37. The van der Waals surface area contributed by atoms with Gasteiger partial charge in [-0.2, -0.15) is 0 Å². The molecule has 4 nitrogen and oxygen atoms in total. The smallest absolute Gasteiger partial charge is 0.228 e. The summed E-state index contributed by atoms with van der Waals surface area (Å²) < 4.78 is 0. The monoisotopic (exact) mass is 219 g/mol. The van der Waals surface area contributed by atoms with E-state index < -0.39 is 0 Å². The molecule has 3 N–H and O–H groups in total. The molecular formula is C12H17N3O. The van der Waals surface area contributed by atoms with Crippen LogP contribution in [0.5, 0.6) is 0 Å². The number of nitrogen functional groups attached to an aromatic ring is 1. The van der Waals surface area contributed by atoms with Crippen LogP contribution < -0.4 is 11.1 Å². The number of pyridine rings is 1. The number of aromatic nitrogens is 1. The van der Waals surface area contributed by atoms with Crippen molar-refractivity contribution in [1.29, 1.82) is 0 Å². The fourth-order valence-electron chi connectivity index (χ4n) is 1.77. The lowest BCUT2D eigenvalue weighted by Crippen LogP contribution is -2.22. The Morgan fingerprint density at radius 3 is 2.88 bits per heavy atom. The fraction of sp³-hybridized carbons (Fsp3) is 0.500. The van der Waals surface area contributed by atoms with E-state index >= 15 is 0 Å². The summed E-state index contributed by atoms with van der Waals surface area (Å²) in [6.07, 6.45) is 3.90. The average Bonchev–Trinajstić information content (AvgIpc) is 3.04. The SMILES string of the molecule is Cc1cc(N)cnc1NC(=O)C(C)C1CC1. The van der Waals surface area contributed by atoms with Crippen molar-refractivity contribution in [1.82, 2.24) is 4.98 Å². The minimum atomic E-state index is 0.0582. The lowest BCUT2D eigenvalue weighted by molar-refractivity contribution is -0.119. The number of carbonyl (C=O) groups excluding carboxylic acids is 1. The molecular weight excluding hydrogens is 202 g/mol. The molecule has 1 amide bonds. The number of nitrogens with one attached hydrogen (secondary N) is 1. The maximum Gasteiger partial charge on any atom is 0.228 e. The molecule has 1 fully saturated rings. The highest BCUT2D eigenvalue weighted by molar-refractivity contribution is 5.92. The third-order valence-electron chi connectivity index (χ3n) is 3.08. The Labute approximate surface area is 95.3 Å². The van der Waals surface area contributed by atoms with E-state index in [9.17, 15) is 4.79 Å². The van der Waals surface area contributed by atoms with Gasteiger partial charge in [-0.05, 0) is 37.3 Å². The molecule has 1 aromatic rings. The molecule has 2 rings (SSSR count). The topological polar surface area (TPSA) is 68.0 Å². The zero-order valence-corrected chi connectivity index (χ0v) is 9.66. The summed E-state index contributed by atoms with van der Waals surface area (Å²) >= 11 is 0. The van der Waals surface area contributed by atoms with Gasteiger partial charge in [-0.3, -0.25) is 4.79 Å². The van der Waals surface area contributed by atoms with Crippen molar-refractivity contribution >= 4 is 17.4 Å². The first-order valence-corrected chi connectivity index (χ1v) is 5.61. The van der Waals surface area contributed by atoms with Crippen molar-refractivity contribution in [3.63, 3.8) is 0 Å². The van der Waals surface area contributed by atoms with Crippen LogP contribution in [0.3, 0.4) is 0 Å². The number of carbonyl (C=O) groups is 1. The summed E-state index contributed by atoms with van der Waals surface area (Å²) in [5.74, 6) is 1.32. The Bertz CT molecular complexity index is 413. The molecule has 0 radical (unpaired) electrons. The largest absolute Gasteiger partial charge is 0.397 e. The minimum Gasteiger partial charge on any atom is -0.397 e. The van der Waals surface area contributed by atoms with Gasteiger partial charge in [-0.25, -0.2) is 4.98 Å². The molecule has 0 bridgehead atoms. The zero-order valence-electron chi connectivity index (χ0n) is 9.66.